The highest BCUT2D eigenvalue weighted by atomic mass is 35.5. The van der Waals surface area contributed by atoms with Gasteiger partial charge in [0.25, 0.3) is 5.91 Å². The second kappa shape index (κ2) is 7.80. The minimum Gasteiger partial charge on any atom is -0.336 e. The second-order valence-corrected chi connectivity index (χ2v) is 7.83. The predicted octanol–water partition coefficient (Wildman–Crippen LogP) is 3.19. The predicted molar refractivity (Wildman–Crippen MR) is 107 cm³/mol. The average molecular weight is 377 g/mol. The summed E-state index contributed by atoms with van der Waals surface area (Å²) in [6.07, 6.45) is 2.49. The number of nitrogens with two attached hydrogens (primary N) is 1. The van der Waals surface area contributed by atoms with Crippen molar-refractivity contribution < 1.29 is 4.79 Å². The smallest absolute Gasteiger partial charge is 0.257 e. The van der Waals surface area contributed by atoms with Crippen molar-refractivity contribution in [3.05, 3.63) is 53.3 Å². The molecule has 1 aromatic heterocycles. The molecule has 1 amide bonds. The summed E-state index contributed by atoms with van der Waals surface area (Å²) in [5.41, 5.74) is 9.11. The molecule has 0 saturated carbocycles. The van der Waals surface area contributed by atoms with Crippen LogP contribution in [0.3, 0.4) is 0 Å². The molecular formula is C20H29ClN4O. The third kappa shape index (κ3) is 3.79. The number of nitrogens with zero attached hydrogens (tertiary/aromatic N) is 3. The minimum absolute atomic E-state index is 0. The van der Waals surface area contributed by atoms with Gasteiger partial charge in [-0.2, -0.15) is 5.10 Å². The van der Waals surface area contributed by atoms with E-state index in [9.17, 15) is 4.79 Å². The number of hydrogen-bond donors (Lipinski definition) is 1. The van der Waals surface area contributed by atoms with Crippen LogP contribution >= 0.6 is 12.4 Å². The number of likely N-dealkylation sites (tertiary alicyclic amines) is 1. The first-order chi connectivity index (χ1) is 11.8. The largest absolute Gasteiger partial charge is 0.336 e. The molecule has 0 unspecified atom stereocenters. The number of aromatic nitrogens is 2. The second-order valence-electron chi connectivity index (χ2n) is 7.83. The van der Waals surface area contributed by atoms with E-state index in [-0.39, 0.29) is 35.8 Å². The average Bonchev–Trinajstić information content (AvgIpc) is 3.18. The summed E-state index contributed by atoms with van der Waals surface area (Å²) in [6, 6.07) is 10.2. The van der Waals surface area contributed by atoms with Gasteiger partial charge in [0.1, 0.15) is 0 Å². The summed E-state index contributed by atoms with van der Waals surface area (Å²) in [6.45, 7) is 9.62. The van der Waals surface area contributed by atoms with Gasteiger partial charge >= 0.3 is 0 Å². The lowest BCUT2D eigenvalue weighted by Crippen LogP contribution is -2.33. The zero-order valence-corrected chi connectivity index (χ0v) is 16.8. The van der Waals surface area contributed by atoms with E-state index in [2.05, 4.69) is 44.9 Å². The van der Waals surface area contributed by atoms with Crippen LogP contribution in [0, 0.1) is 0 Å². The van der Waals surface area contributed by atoms with Crippen LogP contribution in [-0.4, -0.2) is 39.7 Å². The maximum absolute atomic E-state index is 13.1. The lowest BCUT2D eigenvalue weighted by atomic mass is 9.95. The topological polar surface area (TPSA) is 64.2 Å². The van der Waals surface area contributed by atoms with E-state index in [1.807, 2.05) is 27.8 Å². The van der Waals surface area contributed by atoms with Crippen LogP contribution in [0.1, 0.15) is 55.2 Å². The van der Waals surface area contributed by atoms with Gasteiger partial charge in [0.05, 0.1) is 23.0 Å². The molecule has 0 bridgehead atoms. The van der Waals surface area contributed by atoms with Crippen LogP contribution in [-0.2, 0) is 12.0 Å². The van der Waals surface area contributed by atoms with Crippen molar-refractivity contribution >= 4 is 18.3 Å². The van der Waals surface area contributed by atoms with Crippen LogP contribution in [0.15, 0.2) is 36.5 Å². The van der Waals surface area contributed by atoms with Crippen LogP contribution in [0.25, 0.3) is 0 Å². The maximum atomic E-state index is 13.1. The highest BCUT2D eigenvalue weighted by Gasteiger charge is 2.35. The van der Waals surface area contributed by atoms with E-state index in [0.29, 0.717) is 18.7 Å². The van der Waals surface area contributed by atoms with Gasteiger partial charge in [-0.1, -0.05) is 37.3 Å². The zero-order valence-electron chi connectivity index (χ0n) is 16.0. The molecule has 1 aliphatic rings. The summed E-state index contributed by atoms with van der Waals surface area (Å²) < 4.78 is 1.96. The Bertz CT molecular complexity index is 751. The molecule has 0 aliphatic carbocycles. The van der Waals surface area contributed by atoms with Gasteiger partial charge in [0, 0.05) is 25.0 Å². The molecule has 0 spiro atoms. The third-order valence-electron chi connectivity index (χ3n) is 4.95. The van der Waals surface area contributed by atoms with E-state index >= 15 is 0 Å². The fourth-order valence-electron chi connectivity index (χ4n) is 3.69. The van der Waals surface area contributed by atoms with Gasteiger partial charge in [-0.3, -0.25) is 9.48 Å². The van der Waals surface area contributed by atoms with Crippen molar-refractivity contribution in [3.8, 4) is 0 Å². The first-order valence-electron chi connectivity index (χ1n) is 9.00. The Kier molecular flexibility index (Phi) is 6.14. The van der Waals surface area contributed by atoms with Crippen LogP contribution in [0.5, 0.6) is 0 Å². The molecule has 2 heterocycles. The van der Waals surface area contributed by atoms with Crippen molar-refractivity contribution in [3.63, 3.8) is 0 Å². The molecule has 2 N–H and O–H groups in total. The lowest BCUT2D eigenvalue weighted by Gasteiger charge is -2.23. The molecule has 6 heteroatoms. The molecule has 1 aromatic carbocycles. The molecular weight excluding hydrogens is 348 g/mol. The normalized spacial score (nSPS) is 20.1. The molecule has 0 radical (unpaired) electrons. The van der Waals surface area contributed by atoms with E-state index in [4.69, 9.17) is 5.73 Å². The molecule has 5 nitrogen and oxygen atoms in total. The van der Waals surface area contributed by atoms with Gasteiger partial charge in [0.15, 0.2) is 0 Å². The summed E-state index contributed by atoms with van der Waals surface area (Å²) in [5.74, 6) is 0.231. The SMILES string of the molecule is CCc1c(C(=O)N2C[C@@H](N)[C@H](c3ccccc3)C2)cnn1C(C)(C)C.Cl. The highest BCUT2D eigenvalue weighted by molar-refractivity contribution is 5.95. The quantitative estimate of drug-likeness (QED) is 0.894. The van der Waals surface area contributed by atoms with E-state index < -0.39 is 0 Å². The Morgan fingerprint density at radius 3 is 2.46 bits per heavy atom. The number of carbonyl (C=O) groups excluding carboxylic acids is 1. The van der Waals surface area contributed by atoms with Gasteiger partial charge in [0.2, 0.25) is 0 Å². The van der Waals surface area contributed by atoms with Gasteiger partial charge < -0.3 is 10.6 Å². The summed E-state index contributed by atoms with van der Waals surface area (Å²) in [4.78, 5) is 15.0. The van der Waals surface area contributed by atoms with Gasteiger partial charge in [-0.15, -0.1) is 12.4 Å². The Hall–Kier alpha value is -1.85. The highest BCUT2D eigenvalue weighted by Crippen LogP contribution is 2.28. The van der Waals surface area contributed by atoms with Crippen molar-refractivity contribution in [2.24, 2.45) is 5.73 Å². The monoisotopic (exact) mass is 376 g/mol. The molecule has 26 heavy (non-hydrogen) atoms. The van der Waals surface area contributed by atoms with E-state index in [1.165, 1.54) is 5.56 Å². The number of hydrogen-bond acceptors (Lipinski definition) is 3. The summed E-state index contributed by atoms with van der Waals surface area (Å²) in [5, 5.41) is 4.48. The Morgan fingerprint density at radius 2 is 1.88 bits per heavy atom. The zero-order chi connectivity index (χ0) is 18.2. The summed E-state index contributed by atoms with van der Waals surface area (Å²) >= 11 is 0. The first kappa shape index (κ1) is 20.5. The molecule has 1 aliphatic heterocycles. The fourth-order valence-corrected chi connectivity index (χ4v) is 3.69. The van der Waals surface area contributed by atoms with Crippen molar-refractivity contribution in [2.75, 3.05) is 13.1 Å². The van der Waals surface area contributed by atoms with Crippen LogP contribution < -0.4 is 5.73 Å². The van der Waals surface area contributed by atoms with Crippen LogP contribution in [0.4, 0.5) is 0 Å². The van der Waals surface area contributed by atoms with E-state index in [0.717, 1.165) is 12.1 Å². The van der Waals surface area contributed by atoms with Crippen molar-refractivity contribution in [2.45, 2.75) is 51.6 Å². The Labute approximate surface area is 162 Å². The lowest BCUT2D eigenvalue weighted by molar-refractivity contribution is 0.0787. The van der Waals surface area contributed by atoms with Crippen LogP contribution in [0.2, 0.25) is 0 Å². The molecule has 1 fully saturated rings. The number of amides is 1. The van der Waals surface area contributed by atoms with Gasteiger partial charge in [-0.25, -0.2) is 0 Å². The molecule has 142 valence electrons. The standard InChI is InChI=1S/C20H28N4O.ClH/c1-5-18-15(11-22-24(18)20(2,3)4)19(25)23-12-16(17(21)13-23)14-9-7-6-8-10-14;/h6-11,16-17H,5,12-13,21H2,1-4H3;1H/t16-,17+;/m0./s1. The number of benzene rings is 1. The number of carbonyl (C=O) groups is 1. The van der Waals surface area contributed by atoms with E-state index in [1.54, 1.807) is 6.20 Å². The summed E-state index contributed by atoms with van der Waals surface area (Å²) in [7, 11) is 0. The first-order valence-corrected chi connectivity index (χ1v) is 9.00. The third-order valence-corrected chi connectivity index (χ3v) is 4.95. The Morgan fingerprint density at radius 1 is 1.23 bits per heavy atom. The molecule has 3 rings (SSSR count). The number of rotatable bonds is 3. The van der Waals surface area contributed by atoms with Crippen molar-refractivity contribution in [1.29, 1.82) is 0 Å². The van der Waals surface area contributed by atoms with Crippen molar-refractivity contribution in [1.82, 2.24) is 14.7 Å². The maximum Gasteiger partial charge on any atom is 0.257 e. The Balaban J connectivity index is 0.00000243. The molecule has 2 aromatic rings. The number of halogens is 1. The minimum atomic E-state index is -0.141. The van der Waals surface area contributed by atoms with Gasteiger partial charge in [-0.05, 0) is 32.8 Å². The molecule has 2 atom stereocenters. The molecule has 1 saturated heterocycles. The fraction of sp³-hybridized carbons (Fsp3) is 0.500.